The second-order valence-corrected chi connectivity index (χ2v) is 8.06. The lowest BCUT2D eigenvalue weighted by Crippen LogP contribution is -2.19. The first-order valence-electron chi connectivity index (χ1n) is 10.3. The molecule has 0 saturated heterocycles. The molecule has 152 valence electrons. The Morgan fingerprint density at radius 1 is 1.30 bits per heavy atom. The molecule has 6 heteroatoms. The molecule has 4 atom stereocenters. The molecule has 0 amide bonds. The van der Waals surface area contributed by atoms with Gasteiger partial charge in [-0.3, -0.25) is 9.48 Å². The number of rotatable bonds is 11. The van der Waals surface area contributed by atoms with Gasteiger partial charge in [-0.05, 0) is 50.4 Å². The lowest BCUT2D eigenvalue weighted by Gasteiger charge is -2.21. The Labute approximate surface area is 162 Å². The molecule has 0 aliphatic heterocycles. The van der Waals surface area contributed by atoms with Gasteiger partial charge in [-0.15, -0.1) is 0 Å². The lowest BCUT2D eigenvalue weighted by molar-refractivity contribution is -0.123. The molecule has 1 heterocycles. The van der Waals surface area contributed by atoms with Crippen molar-refractivity contribution < 1.29 is 19.4 Å². The van der Waals surface area contributed by atoms with Gasteiger partial charge in [0.2, 0.25) is 0 Å². The summed E-state index contributed by atoms with van der Waals surface area (Å²) in [6.45, 7) is 7.06. The van der Waals surface area contributed by atoms with Crippen LogP contribution in [0.1, 0.15) is 69.7 Å². The fourth-order valence-electron chi connectivity index (χ4n) is 4.03. The molecule has 0 unspecified atom stereocenters. The summed E-state index contributed by atoms with van der Waals surface area (Å²) in [5.41, 5.74) is 0.388. The van der Waals surface area contributed by atoms with Crippen LogP contribution < -0.4 is 0 Å². The highest BCUT2D eigenvalue weighted by Crippen LogP contribution is 2.38. The Hall–Kier alpha value is -1.69. The van der Waals surface area contributed by atoms with Crippen LogP contribution in [0.3, 0.4) is 0 Å². The zero-order chi connectivity index (χ0) is 19.8. The molecule has 1 aliphatic rings. The largest absolute Gasteiger partial charge is 0.462 e. The van der Waals surface area contributed by atoms with Crippen molar-refractivity contribution in [1.82, 2.24) is 9.78 Å². The lowest BCUT2D eigenvalue weighted by atomic mass is 9.85. The SMILES string of the molecule is CCOC(=O)c1cnn(CC(=O)[C@H]2CC[C@@H]([C@@H](C)CC[C@H](C)CCO)C2)c1. The number of hydrogen-bond donors (Lipinski definition) is 1. The molecule has 1 fully saturated rings. The van der Waals surface area contributed by atoms with E-state index in [0.717, 1.165) is 38.5 Å². The van der Waals surface area contributed by atoms with Gasteiger partial charge in [0.1, 0.15) is 0 Å². The number of carbonyl (C=O) groups excluding carboxylic acids is 2. The minimum atomic E-state index is -0.401. The summed E-state index contributed by atoms with van der Waals surface area (Å²) in [7, 11) is 0. The van der Waals surface area contributed by atoms with Gasteiger partial charge in [0.15, 0.2) is 5.78 Å². The monoisotopic (exact) mass is 378 g/mol. The van der Waals surface area contributed by atoms with Crippen molar-refractivity contribution >= 4 is 11.8 Å². The maximum Gasteiger partial charge on any atom is 0.341 e. The van der Waals surface area contributed by atoms with E-state index in [2.05, 4.69) is 18.9 Å². The van der Waals surface area contributed by atoms with Gasteiger partial charge in [0.25, 0.3) is 0 Å². The molecular formula is C21H34N2O4. The number of aromatic nitrogens is 2. The fourth-order valence-corrected chi connectivity index (χ4v) is 4.03. The van der Waals surface area contributed by atoms with Crippen LogP contribution in [0, 0.1) is 23.7 Å². The number of hydrogen-bond acceptors (Lipinski definition) is 5. The highest BCUT2D eigenvalue weighted by atomic mass is 16.5. The Morgan fingerprint density at radius 3 is 2.78 bits per heavy atom. The third kappa shape index (κ3) is 6.45. The van der Waals surface area contributed by atoms with Crippen molar-refractivity contribution in [2.24, 2.45) is 23.7 Å². The summed E-state index contributed by atoms with van der Waals surface area (Å²) < 4.78 is 6.49. The predicted octanol–water partition coefficient (Wildman–Crippen LogP) is 3.48. The fraction of sp³-hybridized carbons (Fsp3) is 0.762. The number of Topliss-reactive ketones (excluding diaryl/α,β-unsaturated/α-hetero) is 1. The van der Waals surface area contributed by atoms with Gasteiger partial charge >= 0.3 is 5.97 Å². The molecular weight excluding hydrogens is 344 g/mol. The Kier molecular flexibility index (Phi) is 8.48. The van der Waals surface area contributed by atoms with Crippen molar-refractivity contribution in [2.45, 2.75) is 65.8 Å². The van der Waals surface area contributed by atoms with Gasteiger partial charge < -0.3 is 9.84 Å². The van der Waals surface area contributed by atoms with Gasteiger partial charge in [0.05, 0.1) is 24.9 Å². The van der Waals surface area contributed by atoms with Crippen LogP contribution in [0.4, 0.5) is 0 Å². The molecule has 1 aromatic rings. The standard InChI is InChI=1S/C21H34N2O4/c1-4-27-21(26)19-12-22-23(13-19)14-20(25)18-8-7-17(11-18)16(3)6-5-15(2)9-10-24/h12-13,15-18,24H,4-11,14H2,1-3H3/t15-,16-,17+,18-/m0/s1. The number of ether oxygens (including phenoxy) is 1. The normalized spacial score (nSPS) is 21.8. The molecule has 27 heavy (non-hydrogen) atoms. The summed E-state index contributed by atoms with van der Waals surface area (Å²) in [5, 5.41) is 13.1. The highest BCUT2D eigenvalue weighted by Gasteiger charge is 2.32. The summed E-state index contributed by atoms with van der Waals surface area (Å²) in [5.74, 6) is 1.68. The summed E-state index contributed by atoms with van der Waals surface area (Å²) in [6.07, 6.45) is 9.24. The Morgan fingerprint density at radius 2 is 2.07 bits per heavy atom. The third-order valence-electron chi connectivity index (χ3n) is 5.93. The van der Waals surface area contributed by atoms with Gasteiger partial charge in [-0.25, -0.2) is 4.79 Å². The van der Waals surface area contributed by atoms with E-state index in [1.165, 1.54) is 6.20 Å². The van der Waals surface area contributed by atoms with Crippen molar-refractivity contribution in [2.75, 3.05) is 13.2 Å². The molecule has 0 radical (unpaired) electrons. The van der Waals surface area contributed by atoms with E-state index >= 15 is 0 Å². The average molecular weight is 379 g/mol. The van der Waals surface area contributed by atoms with E-state index < -0.39 is 5.97 Å². The number of nitrogens with zero attached hydrogens (tertiary/aromatic N) is 2. The molecule has 1 saturated carbocycles. The summed E-state index contributed by atoms with van der Waals surface area (Å²) in [4.78, 5) is 24.3. The number of ketones is 1. The Bertz CT molecular complexity index is 613. The van der Waals surface area contributed by atoms with Crippen LogP contribution >= 0.6 is 0 Å². The minimum absolute atomic E-state index is 0.0996. The van der Waals surface area contributed by atoms with Crippen LogP contribution in [0.2, 0.25) is 0 Å². The topological polar surface area (TPSA) is 81.4 Å². The predicted molar refractivity (Wildman–Crippen MR) is 103 cm³/mol. The van der Waals surface area contributed by atoms with Crippen LogP contribution in [0.5, 0.6) is 0 Å². The number of esters is 1. The molecule has 1 aliphatic carbocycles. The van der Waals surface area contributed by atoms with Gasteiger partial charge in [0, 0.05) is 18.7 Å². The zero-order valence-electron chi connectivity index (χ0n) is 16.9. The first-order chi connectivity index (χ1) is 12.9. The second-order valence-electron chi connectivity index (χ2n) is 8.06. The molecule has 2 rings (SSSR count). The first kappa shape index (κ1) is 21.6. The van der Waals surface area contributed by atoms with Gasteiger partial charge in [-0.2, -0.15) is 5.10 Å². The maximum absolute atomic E-state index is 12.6. The smallest absolute Gasteiger partial charge is 0.341 e. The molecule has 6 nitrogen and oxygen atoms in total. The van der Waals surface area contributed by atoms with Crippen LogP contribution in [0.25, 0.3) is 0 Å². The van der Waals surface area contributed by atoms with Crippen molar-refractivity contribution in [1.29, 1.82) is 0 Å². The number of aliphatic hydroxyl groups excluding tert-OH is 1. The molecule has 0 aromatic carbocycles. The second kappa shape index (κ2) is 10.6. The molecule has 0 spiro atoms. The van der Waals surface area contributed by atoms with Crippen LogP contribution in [0.15, 0.2) is 12.4 Å². The van der Waals surface area contributed by atoms with Crippen LogP contribution in [-0.4, -0.2) is 39.9 Å². The van der Waals surface area contributed by atoms with Crippen LogP contribution in [-0.2, 0) is 16.1 Å². The van der Waals surface area contributed by atoms with E-state index in [1.54, 1.807) is 17.8 Å². The maximum atomic E-state index is 12.6. The minimum Gasteiger partial charge on any atom is -0.462 e. The highest BCUT2D eigenvalue weighted by molar-refractivity contribution is 5.89. The quantitative estimate of drug-likeness (QED) is 0.596. The number of carbonyl (C=O) groups is 2. The van der Waals surface area contributed by atoms with E-state index in [9.17, 15) is 9.59 Å². The van der Waals surface area contributed by atoms with Gasteiger partial charge in [-0.1, -0.05) is 26.7 Å². The Balaban J connectivity index is 1.79. The van der Waals surface area contributed by atoms with E-state index in [-0.39, 0.29) is 24.9 Å². The number of aliphatic hydroxyl groups is 1. The first-order valence-corrected chi connectivity index (χ1v) is 10.3. The average Bonchev–Trinajstić information content (AvgIpc) is 3.30. The van der Waals surface area contributed by atoms with Crippen molar-refractivity contribution in [3.63, 3.8) is 0 Å². The van der Waals surface area contributed by atoms with Crippen molar-refractivity contribution in [3.8, 4) is 0 Å². The van der Waals surface area contributed by atoms with Crippen molar-refractivity contribution in [3.05, 3.63) is 18.0 Å². The summed E-state index contributed by atoms with van der Waals surface area (Å²) in [6, 6.07) is 0. The molecule has 1 aromatic heterocycles. The van der Waals surface area contributed by atoms with E-state index in [1.807, 2.05) is 0 Å². The zero-order valence-corrected chi connectivity index (χ0v) is 16.9. The molecule has 0 bridgehead atoms. The molecule has 1 N–H and O–H groups in total. The summed E-state index contributed by atoms with van der Waals surface area (Å²) >= 11 is 0. The third-order valence-corrected chi connectivity index (χ3v) is 5.93. The van der Waals surface area contributed by atoms with E-state index in [0.29, 0.717) is 29.9 Å². The van der Waals surface area contributed by atoms with E-state index in [4.69, 9.17) is 9.84 Å².